The minimum Gasteiger partial charge on any atom is -0.506 e. The van der Waals surface area contributed by atoms with Crippen LogP contribution in [0.1, 0.15) is 80.6 Å². The maximum absolute atomic E-state index is 13.6. The molecule has 10 heteroatoms. The van der Waals surface area contributed by atoms with E-state index in [4.69, 9.17) is 4.74 Å². The van der Waals surface area contributed by atoms with Gasteiger partial charge < -0.3 is 35.3 Å². The van der Waals surface area contributed by atoms with Gasteiger partial charge in [-0.1, -0.05) is 80.6 Å². The number of nitrogens with one attached hydrogen (secondary N) is 2. The average molecular weight is 688 g/mol. The molecular formula is C40H50FN3O6. The van der Waals surface area contributed by atoms with Gasteiger partial charge in [0.2, 0.25) is 11.2 Å². The zero-order chi connectivity index (χ0) is 35.3. The van der Waals surface area contributed by atoms with Crippen molar-refractivity contribution in [3.63, 3.8) is 0 Å². The van der Waals surface area contributed by atoms with Crippen LogP contribution in [0.25, 0.3) is 10.9 Å². The van der Waals surface area contributed by atoms with Crippen molar-refractivity contribution in [1.82, 2.24) is 15.2 Å². The number of aliphatic hydroxyl groups is 2. The Hall–Kier alpha value is -4.09. The lowest BCUT2D eigenvalue weighted by Gasteiger charge is -2.33. The Labute approximate surface area is 293 Å². The van der Waals surface area contributed by atoms with Crippen LogP contribution in [0.4, 0.5) is 4.39 Å². The highest BCUT2D eigenvalue weighted by molar-refractivity contribution is 5.87. The number of phenolic OH excluding ortho intramolecular Hbond substituents is 1. The number of aromatic nitrogens is 1. The summed E-state index contributed by atoms with van der Waals surface area (Å²) in [5, 5.41) is 36.3. The summed E-state index contributed by atoms with van der Waals surface area (Å²) < 4.78 is 19.3. The fraction of sp³-hybridized carbons (Fsp3) is 0.450. The molecule has 0 saturated carbocycles. The Morgan fingerprint density at radius 3 is 2.28 bits per heavy atom. The SMILES string of the molecule is O=C(OCC1CCN(CCCCCCCCCNC[C@H](O)c2ccc(O)c3[nH]c(=O)ccc23)CC1)C(O)(c1ccccc1)c1ccc(F)cc1. The van der Waals surface area contributed by atoms with Crippen molar-refractivity contribution in [1.29, 1.82) is 0 Å². The van der Waals surface area contributed by atoms with E-state index in [-0.39, 0.29) is 29.4 Å². The molecule has 0 spiro atoms. The van der Waals surface area contributed by atoms with Crippen LogP contribution in [0.3, 0.4) is 0 Å². The van der Waals surface area contributed by atoms with Crippen LogP contribution in [0, 0.1) is 11.7 Å². The number of carbonyl (C=O) groups excluding carboxylic acids is 1. The number of fused-ring (bicyclic) bond motifs is 1. The molecule has 1 aliphatic heterocycles. The number of H-pyrrole nitrogens is 1. The molecule has 268 valence electrons. The van der Waals surface area contributed by atoms with Gasteiger partial charge in [0.05, 0.1) is 18.2 Å². The zero-order valence-corrected chi connectivity index (χ0v) is 28.7. The average Bonchev–Trinajstić information content (AvgIpc) is 3.14. The first-order valence-corrected chi connectivity index (χ1v) is 17.9. The van der Waals surface area contributed by atoms with E-state index in [0.29, 0.717) is 28.6 Å². The summed E-state index contributed by atoms with van der Waals surface area (Å²) in [6.45, 7) is 4.47. The maximum atomic E-state index is 13.6. The largest absolute Gasteiger partial charge is 0.506 e. The number of aromatic amines is 1. The molecule has 0 aliphatic carbocycles. The van der Waals surface area contributed by atoms with Crippen LogP contribution in [-0.2, 0) is 15.1 Å². The molecule has 2 atom stereocenters. The van der Waals surface area contributed by atoms with Gasteiger partial charge in [-0.3, -0.25) is 4.79 Å². The fourth-order valence-corrected chi connectivity index (χ4v) is 6.82. The minimum absolute atomic E-state index is 0.0135. The fourth-order valence-electron chi connectivity index (χ4n) is 6.82. The number of carbonyl (C=O) groups is 1. The van der Waals surface area contributed by atoms with Crippen LogP contribution in [0.2, 0.25) is 0 Å². The molecule has 4 aromatic rings. The van der Waals surface area contributed by atoms with Crippen LogP contribution < -0.4 is 10.9 Å². The third kappa shape index (κ3) is 9.78. The molecule has 0 bridgehead atoms. The Morgan fingerprint density at radius 2 is 1.56 bits per heavy atom. The number of hydrogen-bond acceptors (Lipinski definition) is 8. The number of benzene rings is 3. The monoisotopic (exact) mass is 687 g/mol. The Balaban J connectivity index is 0.905. The van der Waals surface area contributed by atoms with Gasteiger partial charge in [0.15, 0.2) is 0 Å². The van der Waals surface area contributed by atoms with Crippen LogP contribution in [0.5, 0.6) is 5.75 Å². The number of aromatic hydroxyl groups is 1. The van der Waals surface area contributed by atoms with Crippen molar-refractivity contribution < 1.29 is 29.2 Å². The predicted molar refractivity (Wildman–Crippen MR) is 192 cm³/mol. The number of piperidine rings is 1. The maximum Gasteiger partial charge on any atom is 0.347 e. The first kappa shape index (κ1) is 37.2. The molecule has 1 fully saturated rings. The molecular weight excluding hydrogens is 637 g/mol. The van der Waals surface area contributed by atoms with Crippen LogP contribution in [0.15, 0.2) is 83.7 Å². The van der Waals surface area contributed by atoms with Crippen molar-refractivity contribution in [3.05, 3.63) is 112 Å². The number of unbranched alkanes of at least 4 members (excludes halogenated alkanes) is 6. The molecule has 0 radical (unpaired) electrons. The number of esters is 1. The van der Waals surface area contributed by atoms with Gasteiger partial charge in [-0.05, 0) is 98.7 Å². The van der Waals surface area contributed by atoms with Gasteiger partial charge in [0, 0.05) is 18.0 Å². The molecule has 1 aliphatic rings. The molecule has 9 nitrogen and oxygen atoms in total. The van der Waals surface area contributed by atoms with Gasteiger partial charge in [0.1, 0.15) is 11.6 Å². The normalized spacial score (nSPS) is 15.9. The van der Waals surface area contributed by atoms with Crippen molar-refractivity contribution in [2.75, 3.05) is 39.3 Å². The number of pyridine rings is 1. The van der Waals surface area contributed by atoms with Gasteiger partial charge in [-0.2, -0.15) is 0 Å². The standard InChI is InChI=1S/C40H50FN3O6/c41-32-15-13-31(14-16-32)40(49,30-11-7-6-8-12-30)39(48)50-28-29-21-25-44(26-22-29)24-10-5-3-1-2-4-9-23-42-27-36(46)33-17-19-35(45)38-34(33)18-20-37(47)43-38/h6-8,11-20,29,36,42,45-46,49H,1-5,9-10,21-28H2,(H,43,47)/t36-,40?/m0/s1. The third-order valence-corrected chi connectivity index (χ3v) is 9.84. The number of likely N-dealkylation sites (tertiary alicyclic amines) is 1. The molecule has 1 aromatic heterocycles. The van der Waals surface area contributed by atoms with Crippen molar-refractivity contribution in [3.8, 4) is 5.75 Å². The van der Waals surface area contributed by atoms with Crippen molar-refractivity contribution in [2.45, 2.75) is 69.5 Å². The number of phenols is 1. The molecule has 1 unspecified atom stereocenters. The number of nitrogens with zero attached hydrogens (tertiary/aromatic N) is 1. The lowest BCUT2D eigenvalue weighted by atomic mass is 9.86. The summed E-state index contributed by atoms with van der Waals surface area (Å²) in [7, 11) is 0. The number of rotatable bonds is 18. The second-order valence-corrected chi connectivity index (χ2v) is 13.4. The zero-order valence-electron chi connectivity index (χ0n) is 28.7. The Bertz CT molecular complexity index is 1710. The Kier molecular flexibility index (Phi) is 13.6. The van der Waals surface area contributed by atoms with Crippen LogP contribution >= 0.6 is 0 Å². The molecule has 5 N–H and O–H groups in total. The van der Waals surface area contributed by atoms with E-state index >= 15 is 0 Å². The second kappa shape index (κ2) is 18.2. The minimum atomic E-state index is -2.01. The first-order valence-electron chi connectivity index (χ1n) is 17.9. The summed E-state index contributed by atoms with van der Waals surface area (Å²) in [5.74, 6) is -0.961. The summed E-state index contributed by atoms with van der Waals surface area (Å²) >= 11 is 0. The smallest absolute Gasteiger partial charge is 0.347 e. The van der Waals surface area contributed by atoms with E-state index in [1.165, 1.54) is 68.5 Å². The highest BCUT2D eigenvalue weighted by atomic mass is 19.1. The molecule has 2 heterocycles. The van der Waals surface area contributed by atoms with E-state index in [1.807, 2.05) is 0 Å². The highest BCUT2D eigenvalue weighted by Crippen LogP contribution is 2.32. The molecule has 50 heavy (non-hydrogen) atoms. The number of hydrogen-bond donors (Lipinski definition) is 5. The quantitative estimate of drug-likeness (QED) is 0.0643. The highest BCUT2D eigenvalue weighted by Gasteiger charge is 2.42. The predicted octanol–water partition coefficient (Wildman–Crippen LogP) is 5.92. The molecule has 5 rings (SSSR count). The summed E-state index contributed by atoms with van der Waals surface area (Å²) in [5.41, 5.74) is -0.630. The second-order valence-electron chi connectivity index (χ2n) is 13.4. The van der Waals surface area contributed by atoms with Gasteiger partial charge >= 0.3 is 5.97 Å². The van der Waals surface area contributed by atoms with Crippen molar-refractivity contribution >= 4 is 16.9 Å². The van der Waals surface area contributed by atoms with E-state index in [0.717, 1.165) is 51.9 Å². The summed E-state index contributed by atoms with van der Waals surface area (Å²) in [6.07, 6.45) is 9.29. The van der Waals surface area contributed by atoms with Gasteiger partial charge in [-0.15, -0.1) is 0 Å². The molecule has 3 aromatic carbocycles. The van der Waals surface area contributed by atoms with E-state index in [2.05, 4.69) is 15.2 Å². The van der Waals surface area contributed by atoms with E-state index in [9.17, 15) is 29.3 Å². The topological polar surface area (TPSA) is 135 Å². The molecule has 0 amide bonds. The summed E-state index contributed by atoms with van der Waals surface area (Å²) in [4.78, 5) is 30.0. The number of ether oxygens (including phenoxy) is 1. The van der Waals surface area contributed by atoms with Gasteiger partial charge in [0.25, 0.3) is 0 Å². The first-order chi connectivity index (χ1) is 24.3. The summed E-state index contributed by atoms with van der Waals surface area (Å²) in [6, 6.07) is 20.2. The number of aliphatic hydroxyl groups excluding tert-OH is 1. The lowest BCUT2D eigenvalue weighted by molar-refractivity contribution is -0.164. The van der Waals surface area contributed by atoms with E-state index in [1.54, 1.807) is 42.5 Å². The van der Waals surface area contributed by atoms with Crippen molar-refractivity contribution in [2.24, 2.45) is 5.92 Å². The Morgan fingerprint density at radius 1 is 0.900 bits per heavy atom. The van der Waals surface area contributed by atoms with Crippen LogP contribution in [-0.4, -0.2) is 70.5 Å². The lowest BCUT2D eigenvalue weighted by Crippen LogP contribution is -2.40. The molecule has 1 saturated heterocycles. The number of halogens is 1. The third-order valence-electron chi connectivity index (χ3n) is 9.84. The van der Waals surface area contributed by atoms with E-state index < -0.39 is 23.5 Å². The van der Waals surface area contributed by atoms with Gasteiger partial charge in [-0.25, -0.2) is 9.18 Å².